The van der Waals surface area contributed by atoms with Crippen molar-refractivity contribution < 1.29 is 31.8 Å². The average Bonchev–Trinajstić information content (AvgIpc) is 3.33. The molecule has 0 saturated carbocycles. The Hall–Kier alpha value is -2.89. The summed E-state index contributed by atoms with van der Waals surface area (Å²) in [4.78, 5) is 18.4. The lowest BCUT2D eigenvalue weighted by atomic mass is 10.00. The third-order valence-corrected chi connectivity index (χ3v) is 7.36. The van der Waals surface area contributed by atoms with Gasteiger partial charge in [0.15, 0.2) is 5.60 Å². The van der Waals surface area contributed by atoms with Crippen LogP contribution in [0.25, 0.3) is 0 Å². The molecule has 1 N–H and O–H groups in total. The maximum absolute atomic E-state index is 12.9. The van der Waals surface area contributed by atoms with E-state index in [2.05, 4.69) is 9.72 Å². The lowest BCUT2D eigenvalue weighted by Gasteiger charge is -2.29. The van der Waals surface area contributed by atoms with Gasteiger partial charge in [0.05, 0.1) is 10.6 Å². The largest absolute Gasteiger partial charge is 0.435 e. The molecule has 1 atom stereocenters. The van der Waals surface area contributed by atoms with Crippen LogP contribution in [0.1, 0.15) is 12.6 Å². The number of hydrogen-bond donors (Lipinski definition) is 1. The van der Waals surface area contributed by atoms with Crippen molar-refractivity contribution in [1.82, 2.24) is 14.2 Å². The number of benzene rings is 1. The summed E-state index contributed by atoms with van der Waals surface area (Å²) >= 11 is 0. The van der Waals surface area contributed by atoms with E-state index in [1.165, 1.54) is 46.6 Å². The van der Waals surface area contributed by atoms with Gasteiger partial charge in [0.25, 0.3) is 5.91 Å². The fraction of sp³-hybridized carbons (Fsp3) is 0.333. The van der Waals surface area contributed by atoms with Gasteiger partial charge in [-0.1, -0.05) is 6.07 Å². The zero-order valence-electron chi connectivity index (χ0n) is 17.1. The molecule has 0 fully saturated rings. The molecule has 0 unspecified atom stereocenters. The maximum Gasteiger partial charge on any atom is 0.387 e. The standard InChI is InChI=1S/C21H21F2N3O5S/c1-21(28,18-4-2-3-9-24-18)19(27)25-10-14-12-26(13-15(14)11-25)32(29,30)17-7-5-16(6-8-17)31-20(22)23/h2-9,20,28H,10-13H2,1H3/t21-/m1/s1. The van der Waals surface area contributed by atoms with Crippen LogP contribution in [0, 0.1) is 0 Å². The number of hydrogen-bond acceptors (Lipinski definition) is 6. The molecule has 0 aliphatic carbocycles. The smallest absolute Gasteiger partial charge is 0.387 e. The van der Waals surface area contributed by atoms with Crippen LogP contribution in [0.2, 0.25) is 0 Å². The Balaban J connectivity index is 1.42. The van der Waals surface area contributed by atoms with Crippen LogP contribution in [0.4, 0.5) is 8.78 Å². The maximum atomic E-state index is 12.9. The number of sulfonamides is 1. The molecular weight excluding hydrogens is 444 g/mol. The van der Waals surface area contributed by atoms with Crippen molar-refractivity contribution in [2.45, 2.75) is 24.0 Å². The second kappa shape index (κ2) is 8.23. The first-order chi connectivity index (χ1) is 15.1. The van der Waals surface area contributed by atoms with Crippen molar-refractivity contribution in [3.05, 3.63) is 65.5 Å². The second-order valence-electron chi connectivity index (χ2n) is 7.78. The summed E-state index contributed by atoms with van der Waals surface area (Å²) in [6.45, 7) is -0.953. The van der Waals surface area contributed by atoms with Crippen molar-refractivity contribution in [2.75, 3.05) is 26.2 Å². The highest BCUT2D eigenvalue weighted by Crippen LogP contribution is 2.32. The summed E-state index contributed by atoms with van der Waals surface area (Å²) in [5.74, 6) is -0.635. The number of alkyl halides is 2. The van der Waals surface area contributed by atoms with Gasteiger partial charge in [0, 0.05) is 32.4 Å². The molecule has 11 heteroatoms. The van der Waals surface area contributed by atoms with Gasteiger partial charge in [-0.3, -0.25) is 9.78 Å². The molecule has 32 heavy (non-hydrogen) atoms. The van der Waals surface area contributed by atoms with Gasteiger partial charge in [0.1, 0.15) is 5.75 Å². The zero-order chi connectivity index (χ0) is 23.1. The minimum Gasteiger partial charge on any atom is -0.435 e. The Kier molecular flexibility index (Phi) is 5.74. The van der Waals surface area contributed by atoms with E-state index in [4.69, 9.17) is 0 Å². The van der Waals surface area contributed by atoms with E-state index >= 15 is 0 Å². The van der Waals surface area contributed by atoms with E-state index in [9.17, 15) is 27.1 Å². The second-order valence-corrected chi connectivity index (χ2v) is 9.72. The molecule has 3 heterocycles. The summed E-state index contributed by atoms with van der Waals surface area (Å²) in [6.07, 6.45) is 1.49. The number of ether oxygens (including phenoxy) is 1. The number of aliphatic hydroxyl groups is 1. The van der Waals surface area contributed by atoms with Gasteiger partial charge in [-0.25, -0.2) is 8.42 Å². The lowest BCUT2D eigenvalue weighted by Crippen LogP contribution is -2.46. The van der Waals surface area contributed by atoms with E-state index in [0.29, 0.717) is 0 Å². The summed E-state index contributed by atoms with van der Waals surface area (Å²) in [5.41, 5.74) is 0.0442. The number of halogens is 2. The Morgan fingerprint density at radius 1 is 1.09 bits per heavy atom. The fourth-order valence-corrected chi connectivity index (χ4v) is 5.30. The topological polar surface area (TPSA) is 100 Å². The normalized spacial score (nSPS) is 18.7. The highest BCUT2D eigenvalue weighted by atomic mass is 32.2. The zero-order valence-corrected chi connectivity index (χ0v) is 17.9. The molecule has 2 aromatic rings. The SMILES string of the molecule is C[C@](O)(C(=O)N1CC2=C(C1)CN(S(=O)(=O)c1ccc(OC(F)F)cc1)C2)c1ccccn1. The molecule has 8 nitrogen and oxygen atoms in total. The first-order valence-electron chi connectivity index (χ1n) is 9.77. The highest BCUT2D eigenvalue weighted by molar-refractivity contribution is 7.89. The van der Waals surface area contributed by atoms with Crippen LogP contribution in [0.15, 0.2) is 64.7 Å². The van der Waals surface area contributed by atoms with Crippen LogP contribution in [-0.2, 0) is 20.4 Å². The summed E-state index contributed by atoms with van der Waals surface area (Å²) in [7, 11) is -3.85. The van der Waals surface area contributed by atoms with Crippen LogP contribution < -0.4 is 4.74 Å². The predicted octanol–water partition coefficient (Wildman–Crippen LogP) is 1.73. The Morgan fingerprint density at radius 2 is 1.72 bits per heavy atom. The minimum absolute atomic E-state index is 0.0358. The van der Waals surface area contributed by atoms with Crippen LogP contribution in [0.5, 0.6) is 5.75 Å². The van der Waals surface area contributed by atoms with Gasteiger partial charge < -0.3 is 14.7 Å². The molecule has 0 spiro atoms. The Bertz CT molecular complexity index is 1130. The number of carbonyl (C=O) groups excluding carboxylic acids is 1. The summed E-state index contributed by atoms with van der Waals surface area (Å²) < 4.78 is 56.0. The van der Waals surface area contributed by atoms with E-state index < -0.39 is 28.1 Å². The first-order valence-corrected chi connectivity index (χ1v) is 11.2. The minimum atomic E-state index is -3.85. The molecule has 2 aliphatic rings. The Morgan fingerprint density at radius 3 is 2.25 bits per heavy atom. The summed E-state index contributed by atoms with van der Waals surface area (Å²) in [6, 6.07) is 9.73. The van der Waals surface area contributed by atoms with Crippen LogP contribution in [-0.4, -0.2) is 66.4 Å². The molecule has 1 amide bonds. The van der Waals surface area contributed by atoms with Crippen molar-refractivity contribution >= 4 is 15.9 Å². The average molecular weight is 465 g/mol. The number of rotatable bonds is 6. The van der Waals surface area contributed by atoms with E-state index in [1.807, 2.05) is 0 Å². The van der Waals surface area contributed by atoms with Crippen LogP contribution >= 0.6 is 0 Å². The van der Waals surface area contributed by atoms with Crippen molar-refractivity contribution in [3.63, 3.8) is 0 Å². The fourth-order valence-electron chi connectivity index (χ4n) is 3.87. The molecule has 1 aromatic carbocycles. The van der Waals surface area contributed by atoms with Gasteiger partial charge in [-0.15, -0.1) is 0 Å². The first kappa shape index (κ1) is 22.3. The lowest BCUT2D eigenvalue weighted by molar-refractivity contribution is -0.149. The number of amides is 1. The molecule has 4 rings (SSSR count). The van der Waals surface area contributed by atoms with Crippen LogP contribution in [0.3, 0.4) is 0 Å². The molecule has 0 bridgehead atoms. The van der Waals surface area contributed by atoms with Gasteiger partial charge >= 0.3 is 6.61 Å². The van der Waals surface area contributed by atoms with E-state index in [-0.39, 0.29) is 42.5 Å². The third kappa shape index (κ3) is 4.10. The molecule has 1 aromatic heterocycles. The van der Waals surface area contributed by atoms with E-state index in [1.54, 1.807) is 18.2 Å². The molecule has 2 aliphatic heterocycles. The number of carbonyl (C=O) groups is 1. The monoisotopic (exact) mass is 465 g/mol. The molecule has 0 radical (unpaired) electrons. The Labute approximate surface area is 183 Å². The number of nitrogens with zero attached hydrogens (tertiary/aromatic N) is 3. The van der Waals surface area contributed by atoms with Crippen molar-refractivity contribution in [3.8, 4) is 5.75 Å². The summed E-state index contributed by atoms with van der Waals surface area (Å²) in [5, 5.41) is 10.7. The van der Waals surface area contributed by atoms with Gasteiger partial charge in [0.2, 0.25) is 10.0 Å². The van der Waals surface area contributed by atoms with E-state index in [0.717, 1.165) is 11.1 Å². The van der Waals surface area contributed by atoms with Gasteiger partial charge in [-0.2, -0.15) is 13.1 Å². The van der Waals surface area contributed by atoms with Crippen molar-refractivity contribution in [1.29, 1.82) is 0 Å². The molecule has 170 valence electrons. The highest BCUT2D eigenvalue weighted by Gasteiger charge is 2.43. The van der Waals surface area contributed by atoms with Gasteiger partial charge in [-0.05, 0) is 54.5 Å². The van der Waals surface area contributed by atoms with Crippen molar-refractivity contribution in [2.24, 2.45) is 0 Å². The third-order valence-electron chi connectivity index (χ3n) is 5.55. The molecular formula is C21H21F2N3O5S. The number of pyridine rings is 1. The molecule has 0 saturated heterocycles. The number of aromatic nitrogens is 1. The quantitative estimate of drug-likeness (QED) is 0.653. The predicted molar refractivity (Wildman–Crippen MR) is 109 cm³/mol.